The van der Waals surface area contributed by atoms with Gasteiger partial charge in [-0.25, -0.2) is 4.98 Å². The van der Waals surface area contributed by atoms with Crippen molar-refractivity contribution in [2.45, 2.75) is 13.8 Å². The summed E-state index contributed by atoms with van der Waals surface area (Å²) in [6.07, 6.45) is 3.61. The Balaban J connectivity index is 1.96. The van der Waals surface area contributed by atoms with Gasteiger partial charge in [-0.05, 0) is 37.6 Å². The predicted octanol–water partition coefficient (Wildman–Crippen LogP) is 5.42. The number of imidazole rings is 1. The van der Waals surface area contributed by atoms with Crippen LogP contribution < -0.4 is 0 Å². The van der Waals surface area contributed by atoms with Gasteiger partial charge in [0.15, 0.2) is 0 Å². The molecule has 2 aromatic carbocycles. The van der Waals surface area contributed by atoms with E-state index in [2.05, 4.69) is 54.1 Å². The van der Waals surface area contributed by atoms with Crippen molar-refractivity contribution in [3.8, 4) is 33.9 Å². The van der Waals surface area contributed by atoms with E-state index in [0.29, 0.717) is 0 Å². The zero-order chi connectivity index (χ0) is 17.2. The molecule has 2 heterocycles. The van der Waals surface area contributed by atoms with Gasteiger partial charge in [0.05, 0.1) is 11.4 Å². The largest absolute Gasteiger partial charge is 0.337 e. The number of aromatic amines is 1. The molecule has 122 valence electrons. The van der Waals surface area contributed by atoms with Crippen LogP contribution >= 0.6 is 0 Å². The molecule has 0 unspecified atom stereocenters. The van der Waals surface area contributed by atoms with Gasteiger partial charge in [0.1, 0.15) is 5.82 Å². The number of nitrogens with one attached hydrogen (secondary N) is 1. The van der Waals surface area contributed by atoms with E-state index in [-0.39, 0.29) is 0 Å². The number of benzene rings is 2. The Morgan fingerprint density at radius 2 is 1.64 bits per heavy atom. The Labute approximate surface area is 147 Å². The zero-order valence-electron chi connectivity index (χ0n) is 14.3. The summed E-state index contributed by atoms with van der Waals surface area (Å²) >= 11 is 0. The van der Waals surface area contributed by atoms with Crippen LogP contribution in [0.25, 0.3) is 33.9 Å². The summed E-state index contributed by atoms with van der Waals surface area (Å²) in [6.45, 7) is 4.25. The Hall–Kier alpha value is -3.20. The molecule has 0 aliphatic rings. The second-order valence-corrected chi connectivity index (χ2v) is 6.24. The quantitative estimate of drug-likeness (QED) is 0.546. The van der Waals surface area contributed by atoms with Gasteiger partial charge in [-0.15, -0.1) is 0 Å². The zero-order valence-corrected chi connectivity index (χ0v) is 14.3. The lowest BCUT2D eigenvalue weighted by Crippen LogP contribution is -1.88. The molecule has 3 heteroatoms. The van der Waals surface area contributed by atoms with E-state index in [1.54, 1.807) is 6.20 Å². The third kappa shape index (κ3) is 2.96. The third-order valence-electron chi connectivity index (χ3n) is 4.35. The van der Waals surface area contributed by atoms with Crippen molar-refractivity contribution in [1.29, 1.82) is 0 Å². The van der Waals surface area contributed by atoms with Crippen LogP contribution in [0.15, 0.2) is 73.1 Å². The van der Waals surface area contributed by atoms with Crippen LogP contribution in [0.5, 0.6) is 0 Å². The molecular weight excluding hydrogens is 306 g/mol. The molecule has 0 amide bonds. The van der Waals surface area contributed by atoms with Gasteiger partial charge in [0, 0.05) is 29.1 Å². The van der Waals surface area contributed by atoms with Gasteiger partial charge in [0.2, 0.25) is 0 Å². The van der Waals surface area contributed by atoms with E-state index in [4.69, 9.17) is 4.98 Å². The summed E-state index contributed by atoms with van der Waals surface area (Å²) in [5.74, 6) is 0.836. The minimum absolute atomic E-state index is 0.836. The van der Waals surface area contributed by atoms with Gasteiger partial charge >= 0.3 is 0 Å². The predicted molar refractivity (Wildman–Crippen MR) is 102 cm³/mol. The molecule has 1 N–H and O–H groups in total. The summed E-state index contributed by atoms with van der Waals surface area (Å²) in [4.78, 5) is 12.6. The number of rotatable bonds is 3. The summed E-state index contributed by atoms with van der Waals surface area (Å²) < 4.78 is 0. The van der Waals surface area contributed by atoms with Crippen LogP contribution in [0.3, 0.4) is 0 Å². The van der Waals surface area contributed by atoms with Crippen LogP contribution in [0.2, 0.25) is 0 Å². The van der Waals surface area contributed by atoms with Gasteiger partial charge < -0.3 is 4.98 Å². The number of hydrogen-bond acceptors (Lipinski definition) is 2. The molecule has 0 radical (unpaired) electrons. The van der Waals surface area contributed by atoms with E-state index in [0.717, 1.165) is 28.3 Å². The van der Waals surface area contributed by atoms with Crippen molar-refractivity contribution >= 4 is 0 Å². The van der Waals surface area contributed by atoms with Crippen LogP contribution in [0.1, 0.15) is 11.1 Å². The van der Waals surface area contributed by atoms with E-state index in [1.807, 2.05) is 36.5 Å². The molecule has 0 saturated heterocycles. The van der Waals surface area contributed by atoms with E-state index < -0.39 is 0 Å². The molecule has 0 aliphatic carbocycles. The van der Waals surface area contributed by atoms with E-state index in [9.17, 15) is 0 Å². The first-order valence-corrected chi connectivity index (χ1v) is 8.36. The SMILES string of the molecule is Cc1ccc(C)c(-c2[nH]c(-c3cccnc3)nc2-c2ccccc2)c1. The second-order valence-electron chi connectivity index (χ2n) is 6.24. The van der Waals surface area contributed by atoms with E-state index in [1.165, 1.54) is 16.7 Å². The third-order valence-corrected chi connectivity index (χ3v) is 4.35. The number of nitrogens with zero attached hydrogens (tertiary/aromatic N) is 2. The molecular formula is C22H19N3. The Bertz CT molecular complexity index is 1000. The van der Waals surface area contributed by atoms with Gasteiger partial charge in [-0.2, -0.15) is 0 Å². The van der Waals surface area contributed by atoms with E-state index >= 15 is 0 Å². The highest BCUT2D eigenvalue weighted by atomic mass is 14.9. The fourth-order valence-electron chi connectivity index (χ4n) is 3.02. The molecule has 4 rings (SSSR count). The molecule has 4 aromatic rings. The maximum absolute atomic E-state index is 4.90. The van der Waals surface area contributed by atoms with Crippen LogP contribution in [-0.2, 0) is 0 Å². The highest BCUT2D eigenvalue weighted by Gasteiger charge is 2.16. The molecule has 0 fully saturated rings. The van der Waals surface area contributed by atoms with Crippen molar-refractivity contribution in [2.24, 2.45) is 0 Å². The highest BCUT2D eigenvalue weighted by molar-refractivity contribution is 5.82. The van der Waals surface area contributed by atoms with Crippen LogP contribution in [0, 0.1) is 13.8 Å². The van der Waals surface area contributed by atoms with Crippen LogP contribution in [0.4, 0.5) is 0 Å². The monoisotopic (exact) mass is 325 g/mol. The molecule has 2 aromatic heterocycles. The maximum atomic E-state index is 4.90. The van der Waals surface area contributed by atoms with Gasteiger partial charge in [-0.3, -0.25) is 4.98 Å². The van der Waals surface area contributed by atoms with Gasteiger partial charge in [0.25, 0.3) is 0 Å². The Morgan fingerprint density at radius 1 is 0.840 bits per heavy atom. The molecule has 0 saturated carbocycles. The molecule has 0 spiro atoms. The summed E-state index contributed by atoms with van der Waals surface area (Å²) in [6, 6.07) is 20.8. The minimum atomic E-state index is 0.836. The van der Waals surface area contributed by atoms with Crippen LogP contribution in [-0.4, -0.2) is 15.0 Å². The summed E-state index contributed by atoms with van der Waals surface area (Å²) in [5, 5.41) is 0. The molecule has 0 aliphatic heterocycles. The van der Waals surface area contributed by atoms with Crippen molar-refractivity contribution in [3.63, 3.8) is 0 Å². The standard InChI is InChI=1S/C22H19N3/c1-15-10-11-16(2)19(13-15)21-20(17-7-4-3-5-8-17)24-22(25-21)18-9-6-12-23-14-18/h3-14H,1-2H3,(H,24,25). The lowest BCUT2D eigenvalue weighted by atomic mass is 9.99. The second kappa shape index (κ2) is 6.36. The topological polar surface area (TPSA) is 41.6 Å². The first kappa shape index (κ1) is 15.3. The number of aryl methyl sites for hydroxylation is 2. The lowest BCUT2D eigenvalue weighted by molar-refractivity contribution is 1.26. The Kier molecular flexibility index (Phi) is 3.90. The molecule has 0 bridgehead atoms. The average Bonchev–Trinajstić information content (AvgIpc) is 3.10. The number of H-pyrrole nitrogens is 1. The molecule has 25 heavy (non-hydrogen) atoms. The van der Waals surface area contributed by atoms with Crippen molar-refractivity contribution < 1.29 is 0 Å². The summed E-state index contributed by atoms with van der Waals surface area (Å²) in [7, 11) is 0. The van der Waals surface area contributed by atoms with Crippen molar-refractivity contribution in [3.05, 3.63) is 84.2 Å². The van der Waals surface area contributed by atoms with Crippen molar-refractivity contribution in [1.82, 2.24) is 15.0 Å². The maximum Gasteiger partial charge on any atom is 0.140 e. The van der Waals surface area contributed by atoms with Crippen molar-refractivity contribution in [2.75, 3.05) is 0 Å². The molecule has 3 nitrogen and oxygen atoms in total. The average molecular weight is 325 g/mol. The fourth-order valence-corrected chi connectivity index (χ4v) is 3.02. The highest BCUT2D eigenvalue weighted by Crippen LogP contribution is 2.34. The molecule has 0 atom stereocenters. The number of pyridine rings is 1. The first-order valence-electron chi connectivity index (χ1n) is 8.36. The Morgan fingerprint density at radius 3 is 2.40 bits per heavy atom. The van der Waals surface area contributed by atoms with Gasteiger partial charge in [-0.1, -0.05) is 48.0 Å². The number of hydrogen-bond donors (Lipinski definition) is 1. The normalized spacial score (nSPS) is 10.8. The minimum Gasteiger partial charge on any atom is -0.337 e. The fraction of sp³-hybridized carbons (Fsp3) is 0.0909. The first-order chi connectivity index (χ1) is 12.2. The lowest BCUT2D eigenvalue weighted by Gasteiger charge is -2.08. The smallest absolute Gasteiger partial charge is 0.140 e. The number of aromatic nitrogens is 3. The summed E-state index contributed by atoms with van der Waals surface area (Å²) in [5.41, 5.74) is 7.74.